The topological polar surface area (TPSA) is 52.9 Å². The SMILES string of the molecule is Cc1ccc(Cl)c(C)c1NC(=O)CC#N. The van der Waals surface area contributed by atoms with E-state index in [4.69, 9.17) is 16.9 Å². The summed E-state index contributed by atoms with van der Waals surface area (Å²) in [7, 11) is 0. The van der Waals surface area contributed by atoms with Crippen LogP contribution in [0.15, 0.2) is 12.1 Å². The lowest BCUT2D eigenvalue weighted by molar-refractivity contribution is -0.115. The maximum atomic E-state index is 11.3. The van der Waals surface area contributed by atoms with E-state index in [-0.39, 0.29) is 12.3 Å². The van der Waals surface area contributed by atoms with Crippen LogP contribution >= 0.6 is 11.6 Å². The fourth-order valence-electron chi connectivity index (χ4n) is 1.27. The van der Waals surface area contributed by atoms with E-state index in [1.54, 1.807) is 12.1 Å². The van der Waals surface area contributed by atoms with Gasteiger partial charge in [0.15, 0.2) is 0 Å². The van der Waals surface area contributed by atoms with Gasteiger partial charge in [-0.25, -0.2) is 0 Å². The number of nitrogens with zero attached hydrogens (tertiary/aromatic N) is 1. The summed E-state index contributed by atoms with van der Waals surface area (Å²) in [5, 5.41) is 11.6. The molecule has 3 nitrogen and oxygen atoms in total. The van der Waals surface area contributed by atoms with Crippen molar-refractivity contribution in [2.45, 2.75) is 20.3 Å². The molecule has 0 aliphatic carbocycles. The van der Waals surface area contributed by atoms with Gasteiger partial charge in [-0.2, -0.15) is 5.26 Å². The molecule has 4 heteroatoms. The first-order valence-electron chi connectivity index (χ1n) is 4.48. The summed E-state index contributed by atoms with van der Waals surface area (Å²) in [5.41, 5.74) is 2.45. The van der Waals surface area contributed by atoms with Crippen LogP contribution < -0.4 is 5.32 Å². The van der Waals surface area contributed by atoms with Crippen LogP contribution in [0.5, 0.6) is 0 Å². The van der Waals surface area contributed by atoms with Crippen LogP contribution in [-0.4, -0.2) is 5.91 Å². The van der Waals surface area contributed by atoms with Crippen molar-refractivity contribution in [2.24, 2.45) is 0 Å². The summed E-state index contributed by atoms with van der Waals surface area (Å²) in [5.74, 6) is -0.314. The molecule has 1 aromatic rings. The van der Waals surface area contributed by atoms with Crippen molar-refractivity contribution in [3.8, 4) is 6.07 Å². The molecule has 1 N–H and O–H groups in total. The molecule has 78 valence electrons. The van der Waals surface area contributed by atoms with Gasteiger partial charge in [-0.3, -0.25) is 4.79 Å². The van der Waals surface area contributed by atoms with Crippen LogP contribution in [0.2, 0.25) is 5.02 Å². The first-order valence-corrected chi connectivity index (χ1v) is 4.86. The van der Waals surface area contributed by atoms with Crippen LogP contribution in [0.25, 0.3) is 0 Å². The predicted octanol–water partition coefficient (Wildman–Crippen LogP) is 2.81. The zero-order valence-electron chi connectivity index (χ0n) is 8.60. The monoisotopic (exact) mass is 222 g/mol. The van der Waals surface area contributed by atoms with Gasteiger partial charge >= 0.3 is 0 Å². The molecular formula is C11H11ClN2O. The maximum absolute atomic E-state index is 11.3. The molecule has 0 radical (unpaired) electrons. The number of hydrogen-bond acceptors (Lipinski definition) is 2. The molecule has 0 unspecified atom stereocenters. The van der Waals surface area contributed by atoms with Crippen LogP contribution in [0.3, 0.4) is 0 Å². The molecule has 0 bridgehead atoms. The van der Waals surface area contributed by atoms with Crippen molar-refractivity contribution in [3.05, 3.63) is 28.3 Å². The third-order valence-corrected chi connectivity index (χ3v) is 2.52. The molecule has 1 rings (SSSR count). The Morgan fingerprint density at radius 2 is 2.20 bits per heavy atom. The summed E-state index contributed by atoms with van der Waals surface area (Å²) in [4.78, 5) is 11.3. The highest BCUT2D eigenvalue weighted by molar-refractivity contribution is 6.31. The summed E-state index contributed by atoms with van der Waals surface area (Å²) < 4.78 is 0. The molecule has 0 aromatic heterocycles. The zero-order valence-corrected chi connectivity index (χ0v) is 9.35. The predicted molar refractivity (Wildman–Crippen MR) is 59.8 cm³/mol. The van der Waals surface area contributed by atoms with Crippen LogP contribution in [0, 0.1) is 25.2 Å². The maximum Gasteiger partial charge on any atom is 0.238 e. The van der Waals surface area contributed by atoms with Crippen LogP contribution in [-0.2, 0) is 4.79 Å². The molecule has 0 saturated heterocycles. The number of nitriles is 1. The Hall–Kier alpha value is -1.53. The Balaban J connectivity index is 3.00. The van der Waals surface area contributed by atoms with E-state index in [2.05, 4.69) is 5.32 Å². The standard InChI is InChI=1S/C11H11ClN2O/c1-7-3-4-9(12)8(2)11(7)14-10(15)5-6-13/h3-4H,5H2,1-2H3,(H,14,15). The van der Waals surface area contributed by atoms with E-state index in [9.17, 15) is 4.79 Å². The third-order valence-electron chi connectivity index (χ3n) is 2.11. The molecule has 0 spiro atoms. The second kappa shape index (κ2) is 4.81. The largest absolute Gasteiger partial charge is 0.325 e. The number of anilines is 1. The molecule has 0 atom stereocenters. The fraction of sp³-hybridized carbons (Fsp3) is 0.273. The molecule has 15 heavy (non-hydrogen) atoms. The van der Waals surface area contributed by atoms with Crippen LogP contribution in [0.1, 0.15) is 17.5 Å². The average molecular weight is 223 g/mol. The minimum atomic E-state index is -0.314. The average Bonchev–Trinajstić information content (AvgIpc) is 2.19. The number of aryl methyl sites for hydroxylation is 1. The number of halogens is 1. The zero-order chi connectivity index (χ0) is 11.4. The van der Waals surface area contributed by atoms with Crippen molar-refractivity contribution in [1.29, 1.82) is 5.26 Å². The summed E-state index contributed by atoms with van der Waals surface area (Å²) in [6, 6.07) is 5.41. The molecular weight excluding hydrogens is 212 g/mol. The quantitative estimate of drug-likeness (QED) is 0.837. The van der Waals surface area contributed by atoms with E-state index < -0.39 is 0 Å². The number of rotatable bonds is 2. The summed E-state index contributed by atoms with van der Waals surface area (Å²) in [6.45, 7) is 3.71. The highest BCUT2D eigenvalue weighted by Crippen LogP contribution is 2.26. The number of hydrogen-bond donors (Lipinski definition) is 1. The van der Waals surface area contributed by atoms with Crippen LogP contribution in [0.4, 0.5) is 5.69 Å². The molecule has 0 heterocycles. The van der Waals surface area contributed by atoms with E-state index in [0.717, 1.165) is 11.1 Å². The third kappa shape index (κ3) is 2.71. The van der Waals surface area contributed by atoms with Gasteiger partial charge in [-0.05, 0) is 31.0 Å². The van der Waals surface area contributed by atoms with Crippen molar-refractivity contribution in [2.75, 3.05) is 5.32 Å². The molecule has 0 aliphatic heterocycles. The van der Waals surface area contributed by atoms with Gasteiger partial charge in [-0.15, -0.1) is 0 Å². The summed E-state index contributed by atoms with van der Waals surface area (Å²) in [6.07, 6.45) is -0.147. The van der Waals surface area contributed by atoms with Gasteiger partial charge in [-0.1, -0.05) is 17.7 Å². The number of benzene rings is 1. The van der Waals surface area contributed by atoms with E-state index in [0.29, 0.717) is 10.7 Å². The first-order chi connectivity index (χ1) is 7.06. The molecule has 1 amide bonds. The fourth-order valence-corrected chi connectivity index (χ4v) is 1.43. The number of carbonyl (C=O) groups is 1. The highest BCUT2D eigenvalue weighted by atomic mass is 35.5. The minimum absolute atomic E-state index is 0.147. The van der Waals surface area contributed by atoms with Crippen molar-refractivity contribution in [1.82, 2.24) is 0 Å². The Morgan fingerprint density at radius 1 is 1.53 bits per heavy atom. The van der Waals surface area contributed by atoms with Crippen molar-refractivity contribution < 1.29 is 4.79 Å². The second-order valence-corrected chi connectivity index (χ2v) is 3.65. The van der Waals surface area contributed by atoms with Crippen molar-refractivity contribution >= 4 is 23.2 Å². The van der Waals surface area contributed by atoms with E-state index in [1.165, 1.54) is 0 Å². The minimum Gasteiger partial charge on any atom is -0.325 e. The first kappa shape index (κ1) is 11.5. The van der Waals surface area contributed by atoms with E-state index in [1.807, 2.05) is 19.9 Å². The molecule has 0 aliphatic rings. The highest BCUT2D eigenvalue weighted by Gasteiger charge is 2.09. The normalized spacial score (nSPS) is 9.47. The Bertz CT molecular complexity index is 435. The lowest BCUT2D eigenvalue weighted by Gasteiger charge is -2.11. The molecule has 1 aromatic carbocycles. The Kier molecular flexibility index (Phi) is 3.70. The smallest absolute Gasteiger partial charge is 0.238 e. The van der Waals surface area contributed by atoms with Gasteiger partial charge in [0.1, 0.15) is 6.42 Å². The van der Waals surface area contributed by atoms with Gasteiger partial charge in [0, 0.05) is 10.7 Å². The lowest BCUT2D eigenvalue weighted by Crippen LogP contribution is -2.12. The Morgan fingerprint density at radius 3 is 2.80 bits per heavy atom. The number of nitrogens with one attached hydrogen (secondary N) is 1. The van der Waals surface area contributed by atoms with E-state index >= 15 is 0 Å². The lowest BCUT2D eigenvalue weighted by atomic mass is 10.1. The second-order valence-electron chi connectivity index (χ2n) is 3.25. The van der Waals surface area contributed by atoms with Crippen molar-refractivity contribution in [3.63, 3.8) is 0 Å². The number of carbonyl (C=O) groups excluding carboxylic acids is 1. The summed E-state index contributed by atoms with van der Waals surface area (Å²) >= 11 is 5.93. The van der Waals surface area contributed by atoms with Gasteiger partial charge in [0.2, 0.25) is 5.91 Å². The number of amides is 1. The van der Waals surface area contributed by atoms with Gasteiger partial charge in [0.05, 0.1) is 6.07 Å². The van der Waals surface area contributed by atoms with Gasteiger partial charge in [0.25, 0.3) is 0 Å². The molecule has 0 fully saturated rings. The molecule has 0 saturated carbocycles. The van der Waals surface area contributed by atoms with Gasteiger partial charge < -0.3 is 5.32 Å². The Labute approximate surface area is 93.7 Å².